The molecule has 0 unspecified atom stereocenters. The third-order valence-electron chi connectivity index (χ3n) is 4.55. The van der Waals surface area contributed by atoms with Crippen LogP contribution in [0.1, 0.15) is 5.56 Å². The highest BCUT2D eigenvalue weighted by Gasteiger charge is 2.35. The van der Waals surface area contributed by atoms with Crippen molar-refractivity contribution >= 4 is 58.1 Å². The number of carbonyl (C=O) groups excluding carboxylic acids is 3. The predicted octanol–water partition coefficient (Wildman–Crippen LogP) is 3.99. The molecule has 7 nitrogen and oxygen atoms in total. The molecule has 0 bridgehead atoms. The molecule has 0 aliphatic carbocycles. The minimum absolute atomic E-state index is 0.0410. The van der Waals surface area contributed by atoms with Crippen molar-refractivity contribution in [3.63, 3.8) is 0 Å². The van der Waals surface area contributed by atoms with Crippen LogP contribution in [-0.4, -0.2) is 47.8 Å². The molecule has 2 aromatic carbocycles. The summed E-state index contributed by atoms with van der Waals surface area (Å²) < 4.78 is 11.2. The van der Waals surface area contributed by atoms with Gasteiger partial charge in [-0.15, -0.1) is 0 Å². The van der Waals surface area contributed by atoms with Crippen molar-refractivity contribution in [3.8, 4) is 11.5 Å². The van der Waals surface area contributed by atoms with Gasteiger partial charge in [0.1, 0.15) is 6.61 Å². The van der Waals surface area contributed by atoms with Gasteiger partial charge in [-0.05, 0) is 47.7 Å². The minimum atomic E-state index is -0.806. The SMILES string of the molecule is O=C(NCCN1C(=O)S/C(=C\c2ccc(Cl)c(Cl)c2)C1=O)[C@@H]1COc2ccccc2O1. The van der Waals surface area contributed by atoms with Crippen molar-refractivity contribution in [2.75, 3.05) is 19.7 Å². The molecule has 0 spiro atoms. The van der Waals surface area contributed by atoms with Gasteiger partial charge in [0.15, 0.2) is 11.5 Å². The Kier molecular flexibility index (Phi) is 6.41. The molecule has 0 saturated carbocycles. The number of amides is 3. The Labute approximate surface area is 192 Å². The Morgan fingerprint density at radius 1 is 1.16 bits per heavy atom. The first-order valence-electron chi connectivity index (χ1n) is 9.29. The molecule has 2 heterocycles. The number of hydrogen-bond donors (Lipinski definition) is 1. The van der Waals surface area contributed by atoms with E-state index >= 15 is 0 Å². The number of hydrogen-bond acceptors (Lipinski definition) is 6. The van der Waals surface area contributed by atoms with Gasteiger partial charge >= 0.3 is 0 Å². The monoisotopic (exact) mass is 478 g/mol. The van der Waals surface area contributed by atoms with Gasteiger partial charge in [0.25, 0.3) is 17.1 Å². The van der Waals surface area contributed by atoms with Gasteiger partial charge in [-0.3, -0.25) is 19.3 Å². The van der Waals surface area contributed by atoms with Crippen molar-refractivity contribution < 1.29 is 23.9 Å². The lowest BCUT2D eigenvalue weighted by Gasteiger charge is -2.25. The summed E-state index contributed by atoms with van der Waals surface area (Å²) in [7, 11) is 0. The number of thioether (sulfide) groups is 1. The van der Waals surface area contributed by atoms with Gasteiger partial charge in [0, 0.05) is 13.1 Å². The lowest BCUT2D eigenvalue weighted by Crippen LogP contribution is -2.46. The van der Waals surface area contributed by atoms with Crippen LogP contribution in [0.5, 0.6) is 11.5 Å². The second-order valence-corrected chi connectivity index (χ2v) is 8.47. The van der Waals surface area contributed by atoms with Crippen LogP contribution in [0.3, 0.4) is 0 Å². The molecule has 0 radical (unpaired) electrons. The summed E-state index contributed by atoms with van der Waals surface area (Å²) in [5, 5.41) is 3.03. The lowest BCUT2D eigenvalue weighted by molar-refractivity contribution is -0.131. The summed E-state index contributed by atoms with van der Waals surface area (Å²) in [5.74, 6) is 0.264. The fourth-order valence-electron chi connectivity index (χ4n) is 3.00. The van der Waals surface area contributed by atoms with Crippen LogP contribution in [0.15, 0.2) is 47.4 Å². The summed E-state index contributed by atoms with van der Waals surface area (Å²) in [6.45, 7) is 0.217. The van der Waals surface area contributed by atoms with E-state index in [1.165, 1.54) is 0 Å². The maximum atomic E-state index is 12.6. The average Bonchev–Trinajstić information content (AvgIpc) is 3.03. The highest BCUT2D eigenvalue weighted by Crippen LogP contribution is 2.33. The Hall–Kier alpha value is -2.68. The van der Waals surface area contributed by atoms with E-state index < -0.39 is 17.3 Å². The fourth-order valence-corrected chi connectivity index (χ4v) is 4.17. The number of benzene rings is 2. The summed E-state index contributed by atoms with van der Waals surface area (Å²) >= 11 is 12.7. The van der Waals surface area contributed by atoms with Gasteiger partial charge in [0.05, 0.1) is 15.0 Å². The molecular formula is C21H16Cl2N2O5S. The first-order valence-corrected chi connectivity index (χ1v) is 10.9. The zero-order valence-electron chi connectivity index (χ0n) is 16.0. The first kappa shape index (κ1) is 21.5. The summed E-state index contributed by atoms with van der Waals surface area (Å²) in [5.41, 5.74) is 0.655. The number of nitrogens with zero attached hydrogens (tertiary/aromatic N) is 1. The third kappa shape index (κ3) is 4.81. The van der Waals surface area contributed by atoms with Gasteiger partial charge in [-0.25, -0.2) is 0 Å². The van der Waals surface area contributed by atoms with E-state index in [1.807, 2.05) is 6.07 Å². The van der Waals surface area contributed by atoms with Crippen LogP contribution < -0.4 is 14.8 Å². The van der Waals surface area contributed by atoms with Gasteiger partial charge < -0.3 is 14.8 Å². The highest BCUT2D eigenvalue weighted by molar-refractivity contribution is 8.18. The Bertz CT molecular complexity index is 1090. The standard InChI is InChI=1S/C21H16Cl2N2O5S/c22-13-6-5-12(9-14(13)23)10-18-20(27)25(21(28)31-18)8-7-24-19(26)17-11-29-15-3-1-2-4-16(15)30-17/h1-6,9-10,17H,7-8,11H2,(H,24,26)/b18-10-/t17-/m0/s1. The molecular weight excluding hydrogens is 463 g/mol. The van der Waals surface area contributed by atoms with Gasteiger partial charge in [0.2, 0.25) is 6.10 Å². The van der Waals surface area contributed by atoms with Crippen LogP contribution >= 0.6 is 35.0 Å². The number of ether oxygens (including phenoxy) is 2. The molecule has 4 rings (SSSR count). The lowest BCUT2D eigenvalue weighted by atomic mass is 10.2. The van der Waals surface area contributed by atoms with Gasteiger partial charge in [-0.1, -0.05) is 41.4 Å². The molecule has 1 fully saturated rings. The first-order chi connectivity index (χ1) is 14.9. The summed E-state index contributed by atoms with van der Waals surface area (Å²) in [6, 6.07) is 12.0. The van der Waals surface area contributed by atoms with Crippen LogP contribution in [-0.2, 0) is 9.59 Å². The smallest absolute Gasteiger partial charge is 0.293 e. The zero-order valence-corrected chi connectivity index (χ0v) is 18.3. The van der Waals surface area contributed by atoms with E-state index in [0.29, 0.717) is 27.1 Å². The Morgan fingerprint density at radius 3 is 2.71 bits per heavy atom. The second-order valence-electron chi connectivity index (χ2n) is 6.66. The Morgan fingerprint density at radius 2 is 1.94 bits per heavy atom. The second kappa shape index (κ2) is 9.21. The van der Waals surface area contributed by atoms with E-state index in [4.69, 9.17) is 32.7 Å². The van der Waals surface area contributed by atoms with Crippen LogP contribution in [0, 0.1) is 0 Å². The van der Waals surface area contributed by atoms with Gasteiger partial charge in [-0.2, -0.15) is 0 Å². The largest absolute Gasteiger partial charge is 0.485 e. The molecule has 10 heteroatoms. The maximum Gasteiger partial charge on any atom is 0.293 e. The normalized spacial score (nSPS) is 19.1. The van der Waals surface area contributed by atoms with Crippen LogP contribution in [0.2, 0.25) is 10.0 Å². The molecule has 0 aromatic heterocycles. The van der Waals surface area contributed by atoms with Crippen molar-refractivity contribution in [1.82, 2.24) is 10.2 Å². The molecule has 2 aromatic rings. The van der Waals surface area contributed by atoms with E-state index in [9.17, 15) is 14.4 Å². The summed E-state index contributed by atoms with van der Waals surface area (Å²) in [4.78, 5) is 38.6. The van der Waals surface area contributed by atoms with E-state index in [-0.39, 0.29) is 30.5 Å². The topological polar surface area (TPSA) is 84.9 Å². The Balaban J connectivity index is 1.32. The van der Waals surface area contributed by atoms with Crippen molar-refractivity contribution in [2.45, 2.75) is 6.10 Å². The molecule has 31 heavy (non-hydrogen) atoms. The van der Waals surface area contributed by atoms with E-state index in [1.54, 1.807) is 42.5 Å². The number of rotatable bonds is 5. The molecule has 1 saturated heterocycles. The molecule has 1 atom stereocenters. The number of nitrogens with one attached hydrogen (secondary N) is 1. The molecule has 1 N–H and O–H groups in total. The summed E-state index contributed by atoms with van der Waals surface area (Å²) in [6.07, 6.45) is 0.774. The maximum absolute atomic E-state index is 12.6. The molecule has 3 amide bonds. The van der Waals surface area contributed by atoms with Crippen LogP contribution in [0.4, 0.5) is 4.79 Å². The van der Waals surface area contributed by atoms with Crippen molar-refractivity contribution in [3.05, 3.63) is 63.0 Å². The molecule has 160 valence electrons. The number of halogens is 2. The quantitative estimate of drug-likeness (QED) is 0.654. The number of carbonyl (C=O) groups is 3. The number of fused-ring (bicyclic) bond motifs is 1. The molecule has 2 aliphatic heterocycles. The van der Waals surface area contributed by atoms with Crippen molar-refractivity contribution in [2.24, 2.45) is 0 Å². The number of para-hydroxylation sites is 2. The zero-order chi connectivity index (χ0) is 22.0. The highest BCUT2D eigenvalue weighted by atomic mass is 35.5. The van der Waals surface area contributed by atoms with E-state index in [2.05, 4.69) is 5.32 Å². The van der Waals surface area contributed by atoms with Crippen molar-refractivity contribution in [1.29, 1.82) is 0 Å². The third-order valence-corrected chi connectivity index (χ3v) is 6.20. The molecule has 2 aliphatic rings. The average molecular weight is 479 g/mol. The predicted molar refractivity (Wildman–Crippen MR) is 119 cm³/mol. The van der Waals surface area contributed by atoms with E-state index in [0.717, 1.165) is 16.7 Å². The minimum Gasteiger partial charge on any atom is -0.485 e. The number of imide groups is 1. The van der Waals surface area contributed by atoms with Crippen LogP contribution in [0.25, 0.3) is 6.08 Å². The fraction of sp³-hybridized carbons (Fsp3) is 0.190.